The zero-order valence-electron chi connectivity index (χ0n) is 19.1. The van der Waals surface area contributed by atoms with Gasteiger partial charge in [-0.3, -0.25) is 14.4 Å². The number of terminal acetylenes is 1. The van der Waals surface area contributed by atoms with Crippen molar-refractivity contribution in [2.24, 2.45) is 0 Å². The number of carboxylic acid groups (broad SMARTS) is 2. The van der Waals surface area contributed by atoms with Gasteiger partial charge in [0.25, 0.3) is 5.91 Å². The quantitative estimate of drug-likeness (QED) is 0.330. The van der Waals surface area contributed by atoms with Gasteiger partial charge in [-0.15, -0.1) is 6.42 Å². The van der Waals surface area contributed by atoms with E-state index in [1.165, 1.54) is 12.1 Å². The molecule has 1 aromatic heterocycles. The van der Waals surface area contributed by atoms with Gasteiger partial charge in [-0.1, -0.05) is 12.0 Å². The number of benzene rings is 2. The third-order valence-corrected chi connectivity index (χ3v) is 5.43. The molecule has 0 saturated carbocycles. The summed E-state index contributed by atoms with van der Waals surface area (Å²) in [5.41, 5.74) is 3.30. The zero-order valence-corrected chi connectivity index (χ0v) is 19.1. The van der Waals surface area contributed by atoms with E-state index in [4.69, 9.17) is 11.5 Å². The van der Waals surface area contributed by atoms with Crippen molar-refractivity contribution in [3.05, 3.63) is 75.6 Å². The number of rotatable bonds is 10. The summed E-state index contributed by atoms with van der Waals surface area (Å²) in [6.45, 7) is 2.53. The van der Waals surface area contributed by atoms with Crippen molar-refractivity contribution >= 4 is 34.4 Å². The Morgan fingerprint density at radius 2 is 1.83 bits per heavy atom. The summed E-state index contributed by atoms with van der Waals surface area (Å²) in [5.74, 6) is -0.465. The molecular formula is C26H25N3O6. The highest BCUT2D eigenvalue weighted by molar-refractivity contribution is 5.97. The number of fused-ring (bicyclic) bond motifs is 1. The fourth-order valence-electron chi connectivity index (χ4n) is 3.68. The topological polar surface area (TPSA) is 140 Å². The number of carbonyl (C=O) groups is 3. The summed E-state index contributed by atoms with van der Waals surface area (Å²) in [6.07, 6.45) is 4.95. The molecule has 0 bridgehead atoms. The van der Waals surface area contributed by atoms with E-state index in [0.717, 1.165) is 22.5 Å². The molecule has 0 fully saturated rings. The third-order valence-electron chi connectivity index (χ3n) is 5.43. The van der Waals surface area contributed by atoms with E-state index in [2.05, 4.69) is 16.2 Å². The lowest BCUT2D eigenvalue weighted by Gasteiger charge is -2.23. The molecule has 4 N–H and O–H groups in total. The summed E-state index contributed by atoms with van der Waals surface area (Å²) in [4.78, 5) is 52.0. The van der Waals surface area contributed by atoms with Crippen molar-refractivity contribution in [1.82, 2.24) is 10.3 Å². The molecule has 3 aromatic rings. The molecule has 0 spiro atoms. The first-order valence-corrected chi connectivity index (χ1v) is 10.8. The third kappa shape index (κ3) is 6.48. The Bertz CT molecular complexity index is 1350. The molecule has 2 aromatic carbocycles. The number of aromatic amines is 1. The van der Waals surface area contributed by atoms with E-state index < -0.39 is 23.9 Å². The molecule has 0 aliphatic rings. The Morgan fingerprint density at radius 1 is 1.11 bits per heavy atom. The van der Waals surface area contributed by atoms with Crippen LogP contribution in [0.1, 0.15) is 34.5 Å². The maximum Gasteiger partial charge on any atom is 0.326 e. The van der Waals surface area contributed by atoms with Gasteiger partial charge in [0.2, 0.25) is 0 Å². The van der Waals surface area contributed by atoms with Gasteiger partial charge in [-0.2, -0.15) is 0 Å². The largest absolute Gasteiger partial charge is 0.481 e. The number of amides is 1. The van der Waals surface area contributed by atoms with Crippen LogP contribution in [0.15, 0.2) is 53.3 Å². The van der Waals surface area contributed by atoms with Crippen LogP contribution in [0, 0.1) is 19.3 Å². The lowest BCUT2D eigenvalue weighted by atomic mass is 10.1. The summed E-state index contributed by atoms with van der Waals surface area (Å²) in [7, 11) is 0. The first-order chi connectivity index (χ1) is 16.7. The summed E-state index contributed by atoms with van der Waals surface area (Å²) >= 11 is 0. The first-order valence-electron chi connectivity index (χ1n) is 10.8. The fraction of sp³-hybridized carbons (Fsp3) is 0.231. The summed E-state index contributed by atoms with van der Waals surface area (Å²) in [6, 6.07) is 12.3. The molecule has 0 radical (unpaired) electrons. The number of carboxylic acids is 2. The number of anilines is 1. The maximum absolute atomic E-state index is 12.5. The lowest BCUT2D eigenvalue weighted by molar-refractivity contribution is -0.140. The predicted octanol–water partition coefficient (Wildman–Crippen LogP) is 2.52. The second kappa shape index (κ2) is 11.0. The van der Waals surface area contributed by atoms with Crippen LogP contribution in [0.3, 0.4) is 0 Å². The average molecular weight is 476 g/mol. The molecule has 9 heteroatoms. The van der Waals surface area contributed by atoms with Gasteiger partial charge in [0, 0.05) is 46.9 Å². The summed E-state index contributed by atoms with van der Waals surface area (Å²) in [5, 5.41) is 20.9. The van der Waals surface area contributed by atoms with Gasteiger partial charge in [-0.25, -0.2) is 4.79 Å². The number of H-pyrrole nitrogens is 1. The fourth-order valence-corrected chi connectivity index (χ4v) is 3.68. The van der Waals surface area contributed by atoms with E-state index >= 15 is 0 Å². The van der Waals surface area contributed by atoms with Gasteiger partial charge in [0.05, 0.1) is 6.54 Å². The van der Waals surface area contributed by atoms with Crippen LogP contribution in [0.4, 0.5) is 5.69 Å². The number of aromatic nitrogens is 1. The number of hydrogen-bond donors (Lipinski definition) is 4. The number of carbonyl (C=O) groups excluding carboxylic acids is 1. The Kier molecular flexibility index (Phi) is 7.89. The smallest absolute Gasteiger partial charge is 0.326 e. The SMILES string of the molecule is C#CCN(Cc1ccc2[nH]c(C)cc(=O)c2c1)c1ccc(C(=O)N[C@@H](CCC(=O)O)C(=O)O)cc1. The Hall–Kier alpha value is -4.58. The Balaban J connectivity index is 1.76. The van der Waals surface area contributed by atoms with Crippen LogP contribution in [-0.2, 0) is 16.1 Å². The van der Waals surface area contributed by atoms with E-state index in [-0.39, 0.29) is 30.4 Å². The van der Waals surface area contributed by atoms with E-state index in [9.17, 15) is 24.3 Å². The molecule has 35 heavy (non-hydrogen) atoms. The van der Waals surface area contributed by atoms with Crippen LogP contribution < -0.4 is 15.6 Å². The van der Waals surface area contributed by atoms with Gasteiger partial charge in [0.15, 0.2) is 5.43 Å². The minimum absolute atomic E-state index is 0.0695. The predicted molar refractivity (Wildman–Crippen MR) is 131 cm³/mol. The van der Waals surface area contributed by atoms with Crippen LogP contribution in [0.25, 0.3) is 10.9 Å². The van der Waals surface area contributed by atoms with Crippen LogP contribution in [0.2, 0.25) is 0 Å². The van der Waals surface area contributed by atoms with Gasteiger partial charge < -0.3 is 25.4 Å². The van der Waals surface area contributed by atoms with Crippen LogP contribution in [0.5, 0.6) is 0 Å². The van der Waals surface area contributed by atoms with Gasteiger partial charge >= 0.3 is 11.9 Å². The van der Waals surface area contributed by atoms with E-state index in [1.807, 2.05) is 30.0 Å². The standard InChI is InChI=1S/C26H25N3O6/c1-3-12-29(15-17-4-9-21-20(14-17)23(30)13-16(2)27-21)19-7-5-18(6-8-19)25(33)28-22(26(34)35)10-11-24(31)32/h1,4-9,13-14,22H,10-12,15H2,2H3,(H,27,30)(H,28,33)(H,31,32)(H,34,35)/t22-/m0/s1. The molecular weight excluding hydrogens is 450 g/mol. The van der Waals surface area contributed by atoms with Crippen molar-refractivity contribution in [1.29, 1.82) is 0 Å². The van der Waals surface area contributed by atoms with E-state index in [0.29, 0.717) is 11.9 Å². The molecule has 9 nitrogen and oxygen atoms in total. The number of aliphatic carboxylic acids is 2. The minimum Gasteiger partial charge on any atom is -0.481 e. The molecule has 3 rings (SSSR count). The van der Waals surface area contributed by atoms with Crippen LogP contribution in [-0.4, -0.2) is 45.6 Å². The Morgan fingerprint density at radius 3 is 2.46 bits per heavy atom. The van der Waals surface area contributed by atoms with Crippen molar-refractivity contribution in [2.45, 2.75) is 32.4 Å². The maximum atomic E-state index is 12.5. The average Bonchev–Trinajstić information content (AvgIpc) is 2.81. The van der Waals surface area contributed by atoms with Gasteiger partial charge in [0.1, 0.15) is 6.04 Å². The molecule has 1 heterocycles. The molecule has 1 atom stereocenters. The molecule has 0 saturated heterocycles. The van der Waals surface area contributed by atoms with Crippen molar-refractivity contribution < 1.29 is 24.6 Å². The molecule has 0 unspecified atom stereocenters. The highest BCUT2D eigenvalue weighted by Gasteiger charge is 2.21. The number of nitrogens with one attached hydrogen (secondary N) is 2. The highest BCUT2D eigenvalue weighted by atomic mass is 16.4. The lowest BCUT2D eigenvalue weighted by Crippen LogP contribution is -2.41. The molecule has 180 valence electrons. The monoisotopic (exact) mass is 475 g/mol. The normalized spacial score (nSPS) is 11.4. The zero-order chi connectivity index (χ0) is 25.5. The number of pyridine rings is 1. The highest BCUT2D eigenvalue weighted by Crippen LogP contribution is 2.20. The first kappa shape index (κ1) is 25.1. The van der Waals surface area contributed by atoms with Crippen molar-refractivity contribution in [3.8, 4) is 12.3 Å². The number of aryl methyl sites for hydroxylation is 1. The molecule has 0 aliphatic carbocycles. The van der Waals surface area contributed by atoms with Gasteiger partial charge in [-0.05, 0) is 55.3 Å². The van der Waals surface area contributed by atoms with Crippen molar-refractivity contribution in [3.63, 3.8) is 0 Å². The number of hydrogen-bond acceptors (Lipinski definition) is 5. The second-order valence-corrected chi connectivity index (χ2v) is 8.10. The molecule has 1 amide bonds. The Labute approximate surface area is 201 Å². The van der Waals surface area contributed by atoms with Crippen molar-refractivity contribution in [2.75, 3.05) is 11.4 Å². The molecule has 0 aliphatic heterocycles. The van der Waals surface area contributed by atoms with E-state index in [1.54, 1.807) is 18.2 Å². The van der Waals surface area contributed by atoms with Crippen LogP contribution >= 0.6 is 0 Å². The second-order valence-electron chi connectivity index (χ2n) is 8.10. The summed E-state index contributed by atoms with van der Waals surface area (Å²) < 4.78 is 0. The minimum atomic E-state index is -1.31. The number of nitrogens with zero attached hydrogens (tertiary/aromatic N) is 1.